The Hall–Kier alpha value is -2.78. The summed E-state index contributed by atoms with van der Waals surface area (Å²) in [6, 6.07) is 11.1. The fourth-order valence-corrected chi connectivity index (χ4v) is 4.10. The quantitative estimate of drug-likeness (QED) is 0.720. The third kappa shape index (κ3) is 6.36. The summed E-state index contributed by atoms with van der Waals surface area (Å²) in [5.41, 5.74) is 1.72. The van der Waals surface area contributed by atoms with Crippen LogP contribution in [0, 0.1) is 13.8 Å². The lowest BCUT2D eigenvalue weighted by Gasteiger charge is -2.35. The van der Waals surface area contributed by atoms with Gasteiger partial charge in [0.1, 0.15) is 11.6 Å². The monoisotopic (exact) mass is 429 g/mol. The number of carbonyl (C=O) groups excluding carboxylic acids is 1. The van der Waals surface area contributed by atoms with Gasteiger partial charge in [0.25, 0.3) is 0 Å². The largest absolute Gasteiger partial charge is 0.353 e. The maximum absolute atomic E-state index is 12.4. The Morgan fingerprint density at radius 2 is 1.80 bits per heavy atom. The van der Waals surface area contributed by atoms with Gasteiger partial charge in [0.2, 0.25) is 15.9 Å². The van der Waals surface area contributed by atoms with Crippen LogP contribution in [0.1, 0.15) is 23.5 Å². The predicted molar refractivity (Wildman–Crippen MR) is 117 cm³/mol. The Bertz CT molecular complexity index is 980. The molecule has 0 aliphatic carbocycles. The Kier molecular flexibility index (Phi) is 7.17. The first kappa shape index (κ1) is 21.9. The van der Waals surface area contributed by atoms with Gasteiger partial charge in [-0.3, -0.25) is 4.79 Å². The molecule has 1 saturated heterocycles. The van der Waals surface area contributed by atoms with Crippen LogP contribution in [-0.2, 0) is 14.8 Å². The van der Waals surface area contributed by atoms with E-state index in [1.165, 1.54) is 6.08 Å². The van der Waals surface area contributed by atoms with E-state index in [2.05, 4.69) is 19.6 Å². The fourth-order valence-electron chi connectivity index (χ4n) is 3.28. The molecule has 0 saturated carbocycles. The standard InChI is InChI=1S/C21H27N5O3S/c1-17-16-20(24-18(2)23-17)25-11-13-26(14-12-25)21(27)8-10-22-30(28,29)15-9-19-6-4-3-5-7-19/h3-7,9,15-16,22H,8,10-14H2,1-2H3/b15-9+. The summed E-state index contributed by atoms with van der Waals surface area (Å²) in [5, 5.41) is 1.12. The molecule has 30 heavy (non-hydrogen) atoms. The highest BCUT2D eigenvalue weighted by atomic mass is 32.2. The van der Waals surface area contributed by atoms with Crippen LogP contribution in [-0.4, -0.2) is 61.9 Å². The summed E-state index contributed by atoms with van der Waals surface area (Å²) < 4.78 is 26.6. The fraction of sp³-hybridized carbons (Fsp3) is 0.381. The van der Waals surface area contributed by atoms with E-state index in [0.717, 1.165) is 28.3 Å². The normalized spacial score (nSPS) is 15.0. The minimum Gasteiger partial charge on any atom is -0.353 e. The second-order valence-electron chi connectivity index (χ2n) is 7.19. The van der Waals surface area contributed by atoms with E-state index < -0.39 is 10.0 Å². The van der Waals surface area contributed by atoms with Crippen molar-refractivity contribution in [2.75, 3.05) is 37.6 Å². The number of nitrogens with zero attached hydrogens (tertiary/aromatic N) is 4. The summed E-state index contributed by atoms with van der Waals surface area (Å²) in [6.45, 7) is 6.43. The van der Waals surface area contributed by atoms with Gasteiger partial charge in [-0.25, -0.2) is 23.1 Å². The second kappa shape index (κ2) is 9.82. The summed E-state index contributed by atoms with van der Waals surface area (Å²) in [4.78, 5) is 25.1. The molecule has 2 aromatic rings. The molecule has 1 N–H and O–H groups in total. The molecule has 3 rings (SSSR count). The third-order valence-corrected chi connectivity index (χ3v) is 5.89. The van der Waals surface area contributed by atoms with Crippen LogP contribution in [0.25, 0.3) is 6.08 Å². The molecule has 1 aliphatic rings. The van der Waals surface area contributed by atoms with Crippen molar-refractivity contribution in [2.45, 2.75) is 20.3 Å². The zero-order valence-corrected chi connectivity index (χ0v) is 18.1. The highest BCUT2D eigenvalue weighted by molar-refractivity contribution is 7.92. The zero-order valence-electron chi connectivity index (χ0n) is 17.3. The number of rotatable bonds is 7. The first-order chi connectivity index (χ1) is 14.3. The van der Waals surface area contributed by atoms with Gasteiger partial charge in [0.05, 0.1) is 0 Å². The Morgan fingerprint density at radius 1 is 1.10 bits per heavy atom. The molecule has 2 heterocycles. The number of benzene rings is 1. The van der Waals surface area contributed by atoms with E-state index in [4.69, 9.17) is 0 Å². The molecule has 1 aromatic carbocycles. The Morgan fingerprint density at radius 3 is 2.47 bits per heavy atom. The zero-order chi connectivity index (χ0) is 21.6. The van der Waals surface area contributed by atoms with Crippen molar-refractivity contribution in [3.63, 3.8) is 0 Å². The number of sulfonamides is 1. The molecule has 160 valence electrons. The number of amides is 1. The smallest absolute Gasteiger partial charge is 0.233 e. The van der Waals surface area contributed by atoms with Crippen molar-refractivity contribution < 1.29 is 13.2 Å². The third-order valence-electron chi connectivity index (χ3n) is 4.79. The van der Waals surface area contributed by atoms with Gasteiger partial charge < -0.3 is 9.80 Å². The van der Waals surface area contributed by atoms with E-state index in [1.54, 1.807) is 4.90 Å². The molecule has 9 heteroatoms. The lowest BCUT2D eigenvalue weighted by atomic mass is 10.2. The minimum atomic E-state index is -3.58. The first-order valence-electron chi connectivity index (χ1n) is 9.90. The van der Waals surface area contributed by atoms with Crippen molar-refractivity contribution in [1.29, 1.82) is 0 Å². The molecular weight excluding hydrogens is 402 g/mol. The maximum atomic E-state index is 12.4. The van der Waals surface area contributed by atoms with E-state index in [0.29, 0.717) is 26.2 Å². The summed E-state index contributed by atoms with van der Waals surface area (Å²) in [6.07, 6.45) is 1.66. The van der Waals surface area contributed by atoms with E-state index in [1.807, 2.05) is 50.2 Å². The van der Waals surface area contributed by atoms with Crippen LogP contribution in [0.5, 0.6) is 0 Å². The lowest BCUT2D eigenvalue weighted by Crippen LogP contribution is -2.49. The van der Waals surface area contributed by atoms with Gasteiger partial charge in [0.15, 0.2) is 0 Å². The van der Waals surface area contributed by atoms with Crippen LogP contribution in [0.2, 0.25) is 0 Å². The van der Waals surface area contributed by atoms with Gasteiger partial charge in [-0.1, -0.05) is 30.3 Å². The molecule has 1 fully saturated rings. The van der Waals surface area contributed by atoms with Crippen LogP contribution in [0.4, 0.5) is 5.82 Å². The summed E-state index contributed by atoms with van der Waals surface area (Å²) >= 11 is 0. The van der Waals surface area contributed by atoms with Crippen molar-refractivity contribution in [3.05, 3.63) is 58.9 Å². The number of aryl methyl sites for hydroxylation is 2. The highest BCUT2D eigenvalue weighted by Gasteiger charge is 2.22. The van der Waals surface area contributed by atoms with E-state index in [-0.39, 0.29) is 18.9 Å². The predicted octanol–water partition coefficient (Wildman–Crippen LogP) is 1.72. The topological polar surface area (TPSA) is 95.5 Å². The highest BCUT2D eigenvalue weighted by Crippen LogP contribution is 2.15. The van der Waals surface area contributed by atoms with Gasteiger partial charge in [0, 0.05) is 56.3 Å². The number of piperazine rings is 1. The number of hydrogen-bond acceptors (Lipinski definition) is 6. The molecule has 0 atom stereocenters. The second-order valence-corrected chi connectivity index (χ2v) is 8.84. The molecule has 8 nitrogen and oxygen atoms in total. The number of anilines is 1. The Labute approximate surface area is 177 Å². The molecule has 0 spiro atoms. The lowest BCUT2D eigenvalue weighted by molar-refractivity contribution is -0.131. The van der Waals surface area contributed by atoms with Gasteiger partial charge >= 0.3 is 0 Å². The van der Waals surface area contributed by atoms with Crippen LogP contribution in [0.15, 0.2) is 41.8 Å². The van der Waals surface area contributed by atoms with E-state index >= 15 is 0 Å². The number of hydrogen-bond donors (Lipinski definition) is 1. The molecule has 1 amide bonds. The van der Waals surface area contributed by atoms with Crippen LogP contribution >= 0.6 is 0 Å². The number of carbonyl (C=O) groups is 1. The van der Waals surface area contributed by atoms with Crippen LogP contribution in [0.3, 0.4) is 0 Å². The van der Waals surface area contributed by atoms with Crippen LogP contribution < -0.4 is 9.62 Å². The molecule has 0 radical (unpaired) electrons. The molecular formula is C21H27N5O3S. The maximum Gasteiger partial charge on any atom is 0.233 e. The Balaban J connectivity index is 1.44. The SMILES string of the molecule is Cc1cc(N2CCN(C(=O)CCNS(=O)(=O)/C=C/c3ccccc3)CC2)nc(C)n1. The first-order valence-corrected chi connectivity index (χ1v) is 11.4. The molecule has 1 aliphatic heterocycles. The molecule has 1 aromatic heterocycles. The van der Waals surface area contributed by atoms with Crippen molar-refractivity contribution in [1.82, 2.24) is 19.6 Å². The molecule has 0 unspecified atom stereocenters. The van der Waals surface area contributed by atoms with E-state index in [9.17, 15) is 13.2 Å². The van der Waals surface area contributed by atoms with Crippen molar-refractivity contribution in [2.24, 2.45) is 0 Å². The number of aromatic nitrogens is 2. The number of nitrogens with one attached hydrogen (secondary N) is 1. The minimum absolute atomic E-state index is 0.0561. The summed E-state index contributed by atoms with van der Waals surface area (Å²) in [7, 11) is -3.58. The molecule has 0 bridgehead atoms. The average Bonchev–Trinajstić information content (AvgIpc) is 2.72. The van der Waals surface area contributed by atoms with Gasteiger partial charge in [-0.15, -0.1) is 0 Å². The average molecular weight is 430 g/mol. The van der Waals surface area contributed by atoms with Crippen molar-refractivity contribution >= 4 is 27.8 Å². The van der Waals surface area contributed by atoms with Gasteiger partial charge in [-0.2, -0.15) is 0 Å². The van der Waals surface area contributed by atoms with Crippen molar-refractivity contribution in [3.8, 4) is 0 Å². The summed E-state index contributed by atoms with van der Waals surface area (Å²) in [5.74, 6) is 1.56. The van der Waals surface area contributed by atoms with Gasteiger partial charge in [-0.05, 0) is 25.5 Å².